The van der Waals surface area contributed by atoms with Crippen LogP contribution in [0.1, 0.15) is 15.9 Å². The van der Waals surface area contributed by atoms with E-state index in [-0.39, 0.29) is 27.8 Å². The summed E-state index contributed by atoms with van der Waals surface area (Å²) in [7, 11) is 0. The monoisotopic (exact) mass is 453 g/mol. The predicted molar refractivity (Wildman–Crippen MR) is 117 cm³/mol. The van der Waals surface area contributed by atoms with E-state index in [1.165, 1.54) is 24.4 Å². The van der Waals surface area contributed by atoms with Crippen LogP contribution < -0.4 is 14.9 Å². The van der Waals surface area contributed by atoms with Gasteiger partial charge in [0.25, 0.3) is 5.91 Å². The van der Waals surface area contributed by atoms with Crippen molar-refractivity contribution in [2.75, 3.05) is 6.61 Å². The van der Waals surface area contributed by atoms with Gasteiger partial charge in [-0.3, -0.25) is 14.9 Å². The van der Waals surface area contributed by atoms with Crippen LogP contribution in [0.4, 0.5) is 5.69 Å². The minimum absolute atomic E-state index is 0.0235. The fourth-order valence-corrected chi connectivity index (χ4v) is 2.74. The summed E-state index contributed by atoms with van der Waals surface area (Å²) in [5, 5.41) is 15.0. The molecule has 0 aliphatic heterocycles. The van der Waals surface area contributed by atoms with Crippen molar-refractivity contribution < 1.29 is 24.0 Å². The number of carbonyl (C=O) groups is 2. The minimum atomic E-state index is -0.610. The first-order chi connectivity index (χ1) is 15.4. The van der Waals surface area contributed by atoms with Crippen LogP contribution in [0.2, 0.25) is 5.02 Å². The second-order valence-corrected chi connectivity index (χ2v) is 6.66. The average Bonchev–Trinajstić information content (AvgIpc) is 2.78. The van der Waals surface area contributed by atoms with E-state index < -0.39 is 23.4 Å². The molecule has 0 spiro atoms. The van der Waals surface area contributed by atoms with Gasteiger partial charge in [0.05, 0.1) is 21.7 Å². The molecule has 3 aromatic rings. The fourth-order valence-electron chi connectivity index (χ4n) is 2.53. The second kappa shape index (κ2) is 10.7. The molecule has 0 bridgehead atoms. The first kappa shape index (κ1) is 22.4. The maximum Gasteiger partial charge on any atom is 0.345 e. The average molecular weight is 454 g/mol. The highest BCUT2D eigenvalue weighted by atomic mass is 35.5. The van der Waals surface area contributed by atoms with E-state index in [1.54, 1.807) is 54.6 Å². The molecular formula is C22H16ClN3O6. The van der Waals surface area contributed by atoms with Crippen molar-refractivity contribution in [1.29, 1.82) is 0 Å². The maximum atomic E-state index is 12.3. The van der Waals surface area contributed by atoms with Crippen LogP contribution in [0.25, 0.3) is 0 Å². The quantitative estimate of drug-likeness (QED) is 0.181. The lowest BCUT2D eigenvalue weighted by atomic mass is 10.2. The van der Waals surface area contributed by atoms with Crippen LogP contribution in [0, 0.1) is 10.1 Å². The largest absolute Gasteiger partial charge is 0.477 e. The fraction of sp³-hybridized carbons (Fsp3) is 0.0455. The van der Waals surface area contributed by atoms with E-state index in [9.17, 15) is 19.7 Å². The normalized spacial score (nSPS) is 10.5. The molecule has 10 heteroatoms. The highest BCUT2D eigenvalue weighted by Gasteiger charge is 2.15. The molecule has 1 amide bonds. The zero-order chi connectivity index (χ0) is 22.9. The molecular weight excluding hydrogens is 438 g/mol. The molecule has 0 aromatic heterocycles. The van der Waals surface area contributed by atoms with Crippen LogP contribution in [0.15, 0.2) is 77.9 Å². The van der Waals surface area contributed by atoms with E-state index in [4.69, 9.17) is 21.1 Å². The number of para-hydroxylation sites is 2. The van der Waals surface area contributed by atoms with Crippen molar-refractivity contribution in [2.45, 2.75) is 0 Å². The molecule has 162 valence electrons. The number of nitro groups is 1. The summed E-state index contributed by atoms with van der Waals surface area (Å²) in [5.74, 6) is -0.972. The highest BCUT2D eigenvalue weighted by Crippen LogP contribution is 2.25. The summed E-state index contributed by atoms with van der Waals surface area (Å²) in [6, 6.07) is 18.7. The zero-order valence-electron chi connectivity index (χ0n) is 16.4. The summed E-state index contributed by atoms with van der Waals surface area (Å²) < 4.78 is 10.5. The molecule has 1 N–H and O–H groups in total. The van der Waals surface area contributed by atoms with Gasteiger partial charge in [-0.2, -0.15) is 5.10 Å². The van der Waals surface area contributed by atoms with Gasteiger partial charge in [0.2, 0.25) is 0 Å². The van der Waals surface area contributed by atoms with E-state index >= 15 is 0 Å². The van der Waals surface area contributed by atoms with Gasteiger partial charge in [0.15, 0.2) is 12.4 Å². The topological polar surface area (TPSA) is 120 Å². The van der Waals surface area contributed by atoms with E-state index in [0.717, 1.165) is 0 Å². The number of hydrogen-bond acceptors (Lipinski definition) is 7. The zero-order valence-corrected chi connectivity index (χ0v) is 17.2. The van der Waals surface area contributed by atoms with E-state index in [2.05, 4.69) is 10.5 Å². The smallest absolute Gasteiger partial charge is 0.345 e. The van der Waals surface area contributed by atoms with E-state index in [0.29, 0.717) is 5.56 Å². The Hall–Kier alpha value is -4.24. The van der Waals surface area contributed by atoms with Crippen molar-refractivity contribution in [3.8, 4) is 11.5 Å². The van der Waals surface area contributed by atoms with Gasteiger partial charge >= 0.3 is 11.7 Å². The van der Waals surface area contributed by atoms with Gasteiger partial charge in [-0.25, -0.2) is 10.2 Å². The van der Waals surface area contributed by atoms with Crippen LogP contribution in [-0.4, -0.2) is 29.6 Å². The van der Waals surface area contributed by atoms with Crippen molar-refractivity contribution in [1.82, 2.24) is 5.43 Å². The second-order valence-electron chi connectivity index (χ2n) is 6.25. The predicted octanol–water partition coefficient (Wildman–Crippen LogP) is 4.00. The lowest BCUT2D eigenvalue weighted by Crippen LogP contribution is -2.24. The van der Waals surface area contributed by atoms with Gasteiger partial charge in [-0.15, -0.1) is 0 Å². The Morgan fingerprint density at radius 3 is 2.59 bits per heavy atom. The number of hydrogen-bond donors (Lipinski definition) is 1. The first-order valence-corrected chi connectivity index (χ1v) is 9.57. The van der Waals surface area contributed by atoms with Crippen molar-refractivity contribution in [3.05, 3.63) is 99.1 Å². The van der Waals surface area contributed by atoms with Crippen LogP contribution >= 0.6 is 11.6 Å². The molecule has 32 heavy (non-hydrogen) atoms. The number of nitro benzene ring substituents is 1. The molecule has 0 saturated heterocycles. The van der Waals surface area contributed by atoms with Crippen LogP contribution in [0.5, 0.6) is 11.5 Å². The van der Waals surface area contributed by atoms with Crippen molar-refractivity contribution in [3.63, 3.8) is 0 Å². The standard InChI is InChI=1S/C22H16ClN3O6/c23-18-9-2-1-8-17(18)22(28)32-16-7-5-6-15(12-16)13-24-25-21(27)14-31-20-11-4-3-10-19(20)26(29)30/h1-13H,14H2,(H,25,27)/b24-13-. The molecule has 0 aliphatic rings. The van der Waals surface area contributed by atoms with Crippen LogP contribution in [-0.2, 0) is 4.79 Å². The van der Waals surface area contributed by atoms with Gasteiger partial charge < -0.3 is 9.47 Å². The Labute approximate surface area is 187 Å². The van der Waals surface area contributed by atoms with Crippen molar-refractivity contribution >= 4 is 35.4 Å². The van der Waals surface area contributed by atoms with E-state index in [1.807, 2.05) is 0 Å². The molecule has 3 aromatic carbocycles. The molecule has 0 unspecified atom stereocenters. The summed E-state index contributed by atoms with van der Waals surface area (Å²) in [6.45, 7) is -0.461. The third kappa shape index (κ3) is 6.13. The Balaban J connectivity index is 1.55. The lowest BCUT2D eigenvalue weighted by molar-refractivity contribution is -0.385. The number of nitrogens with one attached hydrogen (secondary N) is 1. The lowest BCUT2D eigenvalue weighted by Gasteiger charge is -2.06. The summed E-state index contributed by atoms with van der Waals surface area (Å²) in [4.78, 5) is 34.5. The van der Waals surface area contributed by atoms with Crippen LogP contribution in [0.3, 0.4) is 0 Å². The Kier molecular flexibility index (Phi) is 7.50. The molecule has 3 rings (SSSR count). The molecule has 0 radical (unpaired) electrons. The van der Waals surface area contributed by atoms with Crippen molar-refractivity contribution in [2.24, 2.45) is 5.10 Å². The number of amides is 1. The Bertz CT molecular complexity index is 1180. The molecule has 0 heterocycles. The molecule has 0 aliphatic carbocycles. The number of ether oxygens (including phenoxy) is 2. The summed E-state index contributed by atoms with van der Waals surface area (Å²) in [5.41, 5.74) is 2.80. The number of esters is 1. The number of hydrazone groups is 1. The van der Waals surface area contributed by atoms with Gasteiger partial charge in [-0.1, -0.05) is 48.0 Å². The third-order valence-electron chi connectivity index (χ3n) is 3.99. The number of nitrogens with zero attached hydrogens (tertiary/aromatic N) is 2. The SMILES string of the molecule is O=C(COc1ccccc1[N+](=O)[O-])N/N=C\c1cccc(OC(=O)c2ccccc2Cl)c1. The Morgan fingerprint density at radius 2 is 1.81 bits per heavy atom. The molecule has 9 nitrogen and oxygen atoms in total. The minimum Gasteiger partial charge on any atom is -0.477 e. The first-order valence-electron chi connectivity index (χ1n) is 9.19. The number of halogens is 1. The maximum absolute atomic E-state index is 12.3. The van der Waals surface area contributed by atoms with Gasteiger partial charge in [-0.05, 0) is 35.9 Å². The Morgan fingerprint density at radius 1 is 1.06 bits per heavy atom. The summed E-state index contributed by atoms with van der Waals surface area (Å²) >= 11 is 6.00. The number of carbonyl (C=O) groups excluding carboxylic acids is 2. The molecule has 0 fully saturated rings. The molecule has 0 saturated carbocycles. The van der Waals surface area contributed by atoms with Gasteiger partial charge in [0.1, 0.15) is 5.75 Å². The highest BCUT2D eigenvalue weighted by molar-refractivity contribution is 6.33. The third-order valence-corrected chi connectivity index (χ3v) is 4.32. The summed E-state index contributed by atoms with van der Waals surface area (Å²) in [6.07, 6.45) is 1.34. The number of rotatable bonds is 8. The number of benzene rings is 3. The van der Waals surface area contributed by atoms with Gasteiger partial charge in [0, 0.05) is 6.07 Å². The molecule has 0 atom stereocenters.